The van der Waals surface area contributed by atoms with Crippen LogP contribution in [0.5, 0.6) is 0 Å². The van der Waals surface area contributed by atoms with Gasteiger partial charge in [-0.2, -0.15) is 0 Å². The third-order valence-electron chi connectivity index (χ3n) is 3.89. The molecule has 1 aliphatic heterocycles. The zero-order valence-electron chi connectivity index (χ0n) is 10.9. The van der Waals surface area contributed by atoms with E-state index >= 15 is 0 Å². The number of hydrazine groups is 1. The third kappa shape index (κ3) is 2.37. The van der Waals surface area contributed by atoms with Crippen molar-refractivity contribution in [3.05, 3.63) is 35.9 Å². The number of hydrogen-bond donors (Lipinski definition) is 1. The molecule has 1 aromatic rings. The summed E-state index contributed by atoms with van der Waals surface area (Å²) in [5, 5.41) is 15.3. The molecule has 1 fully saturated rings. The molecule has 2 rings (SSSR count). The first-order chi connectivity index (χ1) is 8.04. The molecule has 0 aliphatic carbocycles. The van der Waals surface area contributed by atoms with Gasteiger partial charge in [-0.15, -0.1) is 0 Å². The van der Waals surface area contributed by atoms with Crippen molar-refractivity contribution in [2.75, 3.05) is 27.2 Å². The van der Waals surface area contributed by atoms with Crippen molar-refractivity contribution in [2.24, 2.45) is 5.92 Å². The number of rotatable bonds is 2. The lowest BCUT2D eigenvalue weighted by Gasteiger charge is -2.45. The predicted octanol–water partition coefficient (Wildman–Crippen LogP) is 1.69. The Kier molecular flexibility index (Phi) is 3.52. The van der Waals surface area contributed by atoms with E-state index in [1.54, 1.807) is 0 Å². The van der Waals surface area contributed by atoms with Crippen LogP contribution in [0, 0.1) is 5.92 Å². The summed E-state index contributed by atoms with van der Waals surface area (Å²) in [6.45, 7) is 3.93. The van der Waals surface area contributed by atoms with Gasteiger partial charge < -0.3 is 5.11 Å². The van der Waals surface area contributed by atoms with Gasteiger partial charge in [0.1, 0.15) is 0 Å². The van der Waals surface area contributed by atoms with Crippen LogP contribution >= 0.6 is 0 Å². The van der Waals surface area contributed by atoms with Crippen LogP contribution in [0.2, 0.25) is 0 Å². The molecule has 0 unspecified atom stereocenters. The van der Waals surface area contributed by atoms with Gasteiger partial charge >= 0.3 is 0 Å². The van der Waals surface area contributed by atoms with Gasteiger partial charge in [0.15, 0.2) is 0 Å². The number of benzene rings is 1. The molecule has 3 heteroatoms. The Hall–Kier alpha value is -0.900. The van der Waals surface area contributed by atoms with E-state index in [1.807, 2.05) is 30.3 Å². The highest BCUT2D eigenvalue weighted by molar-refractivity contribution is 5.24. The fraction of sp³-hybridized carbons (Fsp3) is 0.571. The first-order valence-electron chi connectivity index (χ1n) is 6.24. The summed E-state index contributed by atoms with van der Waals surface area (Å²) in [5.41, 5.74) is 0.374. The predicted molar refractivity (Wildman–Crippen MR) is 69.4 cm³/mol. The van der Waals surface area contributed by atoms with Crippen molar-refractivity contribution in [3.63, 3.8) is 0 Å². The summed E-state index contributed by atoms with van der Waals surface area (Å²) in [4.78, 5) is 0. The van der Waals surface area contributed by atoms with Crippen LogP contribution in [0.15, 0.2) is 30.3 Å². The molecule has 1 N–H and O–H groups in total. The molecule has 1 saturated heterocycles. The molecule has 17 heavy (non-hydrogen) atoms. The molecule has 1 heterocycles. The van der Waals surface area contributed by atoms with E-state index in [4.69, 9.17) is 0 Å². The summed E-state index contributed by atoms with van der Waals surface area (Å²) >= 11 is 0. The second-order valence-electron chi connectivity index (χ2n) is 5.20. The van der Waals surface area contributed by atoms with Crippen molar-refractivity contribution in [1.29, 1.82) is 0 Å². The van der Waals surface area contributed by atoms with Crippen molar-refractivity contribution in [1.82, 2.24) is 10.0 Å². The molecule has 0 saturated carbocycles. The highest BCUT2D eigenvalue weighted by Crippen LogP contribution is 2.37. The van der Waals surface area contributed by atoms with Gasteiger partial charge in [0, 0.05) is 33.1 Å². The fourth-order valence-corrected chi connectivity index (χ4v) is 2.62. The Morgan fingerprint density at radius 1 is 1.29 bits per heavy atom. The zero-order chi connectivity index (χ0) is 12.5. The molecular formula is C14H22N2O. The second-order valence-corrected chi connectivity index (χ2v) is 5.20. The molecule has 94 valence electrons. The monoisotopic (exact) mass is 234 g/mol. The molecule has 0 aromatic heterocycles. The van der Waals surface area contributed by atoms with Gasteiger partial charge in [0.05, 0.1) is 5.60 Å². The van der Waals surface area contributed by atoms with E-state index < -0.39 is 5.60 Å². The molecule has 3 nitrogen and oxygen atoms in total. The highest BCUT2D eigenvalue weighted by atomic mass is 16.3. The molecule has 0 radical (unpaired) electrons. The average molecular weight is 234 g/mol. The average Bonchev–Trinajstić information content (AvgIpc) is 2.33. The number of piperidine rings is 1. The zero-order valence-corrected chi connectivity index (χ0v) is 10.9. The highest BCUT2D eigenvalue weighted by Gasteiger charge is 2.40. The van der Waals surface area contributed by atoms with Gasteiger partial charge in [-0.25, -0.2) is 10.0 Å². The maximum absolute atomic E-state index is 10.9. The maximum atomic E-state index is 10.9. The minimum Gasteiger partial charge on any atom is -0.385 e. The number of aliphatic hydroxyl groups is 1. The molecular weight excluding hydrogens is 212 g/mol. The summed E-state index contributed by atoms with van der Waals surface area (Å²) in [6, 6.07) is 10.0. The first kappa shape index (κ1) is 12.6. The Labute approximate surface area is 104 Å². The number of nitrogens with zero attached hydrogens (tertiary/aromatic N) is 2. The van der Waals surface area contributed by atoms with Crippen LogP contribution in [0.3, 0.4) is 0 Å². The topological polar surface area (TPSA) is 26.7 Å². The SMILES string of the molecule is C[C@@H]1CN(N(C)C)CC[C@]1(O)c1ccccc1. The summed E-state index contributed by atoms with van der Waals surface area (Å²) < 4.78 is 0. The Morgan fingerprint density at radius 3 is 2.47 bits per heavy atom. The largest absolute Gasteiger partial charge is 0.385 e. The van der Waals surface area contributed by atoms with Crippen LogP contribution in [0.1, 0.15) is 18.9 Å². The third-order valence-corrected chi connectivity index (χ3v) is 3.89. The number of hydrogen-bond acceptors (Lipinski definition) is 3. The quantitative estimate of drug-likeness (QED) is 0.843. The smallest absolute Gasteiger partial charge is 0.0947 e. The van der Waals surface area contributed by atoms with E-state index in [1.165, 1.54) is 0 Å². The standard InChI is InChI=1S/C14H22N2O/c1-12-11-16(15(2)3)10-9-14(12,17)13-7-5-4-6-8-13/h4-8,12,17H,9-11H2,1-3H3/t12-,14-/m1/s1. The molecule has 0 spiro atoms. The molecule has 0 bridgehead atoms. The van der Waals surface area contributed by atoms with Gasteiger partial charge in [0.25, 0.3) is 0 Å². The van der Waals surface area contributed by atoms with E-state index in [0.29, 0.717) is 0 Å². The van der Waals surface area contributed by atoms with Crippen LogP contribution < -0.4 is 0 Å². The minimum atomic E-state index is -0.673. The Morgan fingerprint density at radius 2 is 1.94 bits per heavy atom. The Balaban J connectivity index is 2.18. The van der Waals surface area contributed by atoms with Gasteiger partial charge in [-0.1, -0.05) is 37.3 Å². The fourth-order valence-electron chi connectivity index (χ4n) is 2.62. The van der Waals surface area contributed by atoms with Crippen LogP contribution in [0.25, 0.3) is 0 Å². The summed E-state index contributed by atoms with van der Waals surface area (Å²) in [5.74, 6) is 0.237. The van der Waals surface area contributed by atoms with E-state index in [-0.39, 0.29) is 5.92 Å². The van der Waals surface area contributed by atoms with Crippen LogP contribution in [0.4, 0.5) is 0 Å². The lowest BCUT2D eigenvalue weighted by atomic mass is 9.77. The normalized spacial score (nSPS) is 30.8. The lowest BCUT2D eigenvalue weighted by Crippen LogP contribution is -2.52. The first-order valence-corrected chi connectivity index (χ1v) is 6.24. The summed E-state index contributed by atoms with van der Waals surface area (Å²) in [7, 11) is 4.11. The molecule has 1 aliphatic rings. The van der Waals surface area contributed by atoms with Crippen molar-refractivity contribution in [3.8, 4) is 0 Å². The van der Waals surface area contributed by atoms with Crippen LogP contribution in [-0.2, 0) is 5.60 Å². The molecule has 1 aromatic carbocycles. The van der Waals surface area contributed by atoms with Crippen molar-refractivity contribution < 1.29 is 5.11 Å². The second kappa shape index (κ2) is 4.77. The van der Waals surface area contributed by atoms with Gasteiger partial charge in [-0.05, 0) is 12.0 Å². The van der Waals surface area contributed by atoms with E-state index in [0.717, 1.165) is 25.1 Å². The van der Waals surface area contributed by atoms with E-state index in [9.17, 15) is 5.11 Å². The van der Waals surface area contributed by atoms with Crippen molar-refractivity contribution >= 4 is 0 Å². The summed E-state index contributed by atoms with van der Waals surface area (Å²) in [6.07, 6.45) is 0.788. The van der Waals surface area contributed by atoms with Gasteiger partial charge in [-0.3, -0.25) is 0 Å². The van der Waals surface area contributed by atoms with Gasteiger partial charge in [0.2, 0.25) is 0 Å². The van der Waals surface area contributed by atoms with Crippen LogP contribution in [-0.4, -0.2) is 42.3 Å². The Bertz CT molecular complexity index is 366. The molecule has 0 amide bonds. The lowest BCUT2D eigenvalue weighted by molar-refractivity contribution is -0.118. The minimum absolute atomic E-state index is 0.237. The van der Waals surface area contributed by atoms with Crippen molar-refractivity contribution in [2.45, 2.75) is 18.9 Å². The molecule has 2 atom stereocenters. The van der Waals surface area contributed by atoms with E-state index in [2.05, 4.69) is 31.0 Å². The maximum Gasteiger partial charge on any atom is 0.0947 e.